The number of primary amides is 1. The van der Waals surface area contributed by atoms with Crippen molar-refractivity contribution in [2.45, 2.75) is 6.54 Å². The molecule has 2 N–H and O–H groups in total. The van der Waals surface area contributed by atoms with E-state index in [1.807, 2.05) is 16.8 Å². The number of amides is 2. The van der Waals surface area contributed by atoms with Gasteiger partial charge in [-0.25, -0.2) is 4.68 Å². The number of carbonyl (C=O) groups is 2. The molecule has 0 spiro atoms. The first-order valence-electron chi connectivity index (χ1n) is 7.01. The third kappa shape index (κ3) is 2.34. The highest BCUT2D eigenvalue weighted by molar-refractivity contribution is 7.08. The van der Waals surface area contributed by atoms with Gasteiger partial charge in [-0.05, 0) is 11.4 Å². The van der Waals surface area contributed by atoms with Crippen molar-refractivity contribution < 1.29 is 14.1 Å². The van der Waals surface area contributed by atoms with Crippen molar-refractivity contribution in [1.29, 1.82) is 0 Å². The lowest BCUT2D eigenvalue weighted by Crippen LogP contribution is -2.44. The molecule has 10 nitrogen and oxygen atoms in total. The molecule has 0 aromatic carbocycles. The van der Waals surface area contributed by atoms with Crippen molar-refractivity contribution >= 4 is 23.2 Å². The van der Waals surface area contributed by atoms with Crippen LogP contribution < -0.4 is 5.73 Å². The largest absolute Gasteiger partial charge is 0.368 e. The Bertz CT molecular complexity index is 914. The fourth-order valence-corrected chi connectivity index (χ4v) is 3.09. The Morgan fingerprint density at radius 2 is 2.29 bits per heavy atom. The predicted molar refractivity (Wildman–Crippen MR) is 81.7 cm³/mol. The Kier molecular flexibility index (Phi) is 3.34. The summed E-state index contributed by atoms with van der Waals surface area (Å²) in [4.78, 5) is 29.3. The summed E-state index contributed by atoms with van der Waals surface area (Å²) in [5, 5.41) is 15.6. The van der Waals surface area contributed by atoms with Crippen molar-refractivity contribution in [2.24, 2.45) is 5.73 Å². The van der Waals surface area contributed by atoms with Crippen LogP contribution >= 0.6 is 11.3 Å². The van der Waals surface area contributed by atoms with E-state index in [4.69, 9.17) is 10.3 Å². The smallest absolute Gasteiger partial charge is 0.281 e. The second kappa shape index (κ2) is 5.53. The first-order valence-corrected chi connectivity index (χ1v) is 7.95. The van der Waals surface area contributed by atoms with Gasteiger partial charge in [-0.3, -0.25) is 9.59 Å². The lowest BCUT2D eigenvalue weighted by molar-refractivity contribution is -0.118. The lowest BCUT2D eigenvalue weighted by Gasteiger charge is -2.25. The zero-order valence-corrected chi connectivity index (χ0v) is 13.1. The zero-order valence-electron chi connectivity index (χ0n) is 12.2. The Morgan fingerprint density at radius 1 is 1.42 bits per heavy atom. The number of nitrogens with two attached hydrogens (primary N) is 1. The summed E-state index contributed by atoms with van der Waals surface area (Å²) >= 11 is 1.51. The average molecular weight is 345 g/mol. The fraction of sp³-hybridized carbons (Fsp3) is 0.231. The van der Waals surface area contributed by atoms with Gasteiger partial charge in [-0.1, -0.05) is 10.4 Å². The van der Waals surface area contributed by atoms with E-state index in [2.05, 4.69) is 20.5 Å². The van der Waals surface area contributed by atoms with Crippen LogP contribution in [0.1, 0.15) is 10.5 Å². The number of hydrogen-bond acceptors (Lipinski definition) is 8. The van der Waals surface area contributed by atoms with Crippen molar-refractivity contribution in [3.63, 3.8) is 0 Å². The molecule has 1 aliphatic heterocycles. The molecule has 4 heterocycles. The van der Waals surface area contributed by atoms with Crippen LogP contribution in [0.5, 0.6) is 0 Å². The summed E-state index contributed by atoms with van der Waals surface area (Å²) in [6, 6.07) is 1.86. The molecule has 11 heteroatoms. The maximum Gasteiger partial charge on any atom is 0.281 e. The number of thiophene rings is 1. The molecule has 2 amide bonds. The van der Waals surface area contributed by atoms with Crippen LogP contribution in [0.2, 0.25) is 0 Å². The summed E-state index contributed by atoms with van der Waals surface area (Å²) in [7, 11) is 0. The highest BCUT2D eigenvalue weighted by Crippen LogP contribution is 2.26. The van der Waals surface area contributed by atoms with Gasteiger partial charge >= 0.3 is 0 Å². The van der Waals surface area contributed by atoms with Gasteiger partial charge in [-0.2, -0.15) is 16.3 Å². The zero-order chi connectivity index (χ0) is 16.7. The number of fused-ring (bicyclic) bond motifs is 1. The number of nitrogens with zero attached hydrogens (tertiary/aromatic N) is 6. The van der Waals surface area contributed by atoms with E-state index in [1.165, 1.54) is 20.9 Å². The summed E-state index contributed by atoms with van der Waals surface area (Å²) in [5.41, 5.74) is 6.40. The monoisotopic (exact) mass is 345 g/mol. The third-order valence-corrected chi connectivity index (χ3v) is 4.24. The highest BCUT2D eigenvalue weighted by Gasteiger charge is 2.33. The minimum absolute atomic E-state index is 0.103. The summed E-state index contributed by atoms with van der Waals surface area (Å²) < 4.78 is 6.69. The molecule has 0 saturated heterocycles. The van der Waals surface area contributed by atoms with E-state index < -0.39 is 11.8 Å². The van der Waals surface area contributed by atoms with Crippen LogP contribution in [0.15, 0.2) is 21.3 Å². The quantitative estimate of drug-likeness (QED) is 0.703. The van der Waals surface area contributed by atoms with Crippen LogP contribution in [0, 0.1) is 0 Å². The van der Waals surface area contributed by atoms with Gasteiger partial charge in [0.1, 0.15) is 0 Å². The molecular weight excluding hydrogens is 334 g/mol. The van der Waals surface area contributed by atoms with Crippen molar-refractivity contribution in [1.82, 2.24) is 30.0 Å². The first kappa shape index (κ1) is 14.5. The topological polar surface area (TPSA) is 133 Å². The molecular formula is C13H11N7O3S. The number of carbonyl (C=O) groups excluding carboxylic acids is 2. The van der Waals surface area contributed by atoms with Gasteiger partial charge in [0.25, 0.3) is 11.8 Å². The summed E-state index contributed by atoms with van der Waals surface area (Å²) in [6.07, 6.45) is 0. The SMILES string of the molecule is NC(=O)CN1CCn2nnc(-c3nc(-c4ccsc4)no3)c2C1=O. The van der Waals surface area contributed by atoms with E-state index in [1.54, 1.807) is 0 Å². The lowest BCUT2D eigenvalue weighted by atomic mass is 10.2. The molecule has 1 aliphatic rings. The normalized spacial score (nSPS) is 14.0. The number of aromatic nitrogens is 5. The van der Waals surface area contributed by atoms with Crippen molar-refractivity contribution in [3.05, 3.63) is 22.5 Å². The van der Waals surface area contributed by atoms with E-state index in [0.717, 1.165) is 5.56 Å². The van der Waals surface area contributed by atoms with E-state index in [9.17, 15) is 9.59 Å². The van der Waals surface area contributed by atoms with Gasteiger partial charge in [-0.15, -0.1) is 5.10 Å². The maximum absolute atomic E-state index is 12.6. The Balaban J connectivity index is 1.70. The molecule has 24 heavy (non-hydrogen) atoms. The Morgan fingerprint density at radius 3 is 3.04 bits per heavy atom. The van der Waals surface area contributed by atoms with Crippen molar-refractivity contribution in [3.8, 4) is 23.0 Å². The number of hydrogen-bond donors (Lipinski definition) is 1. The van der Waals surface area contributed by atoms with Crippen LogP contribution in [-0.4, -0.2) is 54.9 Å². The van der Waals surface area contributed by atoms with Gasteiger partial charge in [0.05, 0.1) is 13.1 Å². The molecule has 0 fully saturated rings. The van der Waals surface area contributed by atoms with Crippen molar-refractivity contribution in [2.75, 3.05) is 13.1 Å². The third-order valence-electron chi connectivity index (χ3n) is 3.56. The highest BCUT2D eigenvalue weighted by atomic mass is 32.1. The molecule has 0 bridgehead atoms. The van der Waals surface area contributed by atoms with Gasteiger partial charge in [0.2, 0.25) is 11.7 Å². The standard InChI is InChI=1S/C13H11N7O3S/c14-8(21)5-19-2-3-20-10(13(19)22)9(16-18-20)12-15-11(17-23-12)7-1-4-24-6-7/h1,4,6H,2-3,5H2,(H2,14,21). The summed E-state index contributed by atoms with van der Waals surface area (Å²) in [5.74, 6) is -0.462. The van der Waals surface area contributed by atoms with E-state index in [0.29, 0.717) is 18.9 Å². The summed E-state index contributed by atoms with van der Waals surface area (Å²) in [6.45, 7) is 0.585. The van der Waals surface area contributed by atoms with Gasteiger partial charge < -0.3 is 15.2 Å². The van der Waals surface area contributed by atoms with Crippen LogP contribution in [0.4, 0.5) is 0 Å². The predicted octanol–water partition coefficient (Wildman–Crippen LogP) is -0.00230. The Labute approximate surface area is 138 Å². The molecule has 3 aromatic rings. The molecule has 122 valence electrons. The molecule has 4 rings (SSSR count). The first-order chi connectivity index (χ1) is 11.6. The average Bonchev–Trinajstić information content (AvgIpc) is 3.28. The minimum Gasteiger partial charge on any atom is -0.368 e. The van der Waals surface area contributed by atoms with E-state index >= 15 is 0 Å². The van der Waals surface area contributed by atoms with Gasteiger partial charge in [0.15, 0.2) is 11.4 Å². The van der Waals surface area contributed by atoms with E-state index in [-0.39, 0.29) is 23.8 Å². The minimum atomic E-state index is -0.580. The molecule has 0 radical (unpaired) electrons. The molecule has 0 unspecified atom stereocenters. The molecule has 0 aliphatic carbocycles. The van der Waals surface area contributed by atoms with Crippen LogP contribution in [0.3, 0.4) is 0 Å². The Hall–Kier alpha value is -3.08. The van der Waals surface area contributed by atoms with Crippen LogP contribution in [0.25, 0.3) is 23.0 Å². The second-order valence-electron chi connectivity index (χ2n) is 5.14. The number of rotatable bonds is 4. The van der Waals surface area contributed by atoms with Crippen LogP contribution in [-0.2, 0) is 11.3 Å². The van der Waals surface area contributed by atoms with Gasteiger partial charge in [0, 0.05) is 17.5 Å². The fourth-order valence-electron chi connectivity index (χ4n) is 2.46. The molecule has 0 saturated carbocycles. The molecule has 3 aromatic heterocycles. The maximum atomic E-state index is 12.6. The second-order valence-corrected chi connectivity index (χ2v) is 5.92. The molecule has 0 atom stereocenters.